The van der Waals surface area contributed by atoms with Gasteiger partial charge in [0.25, 0.3) is 0 Å². The molecule has 150 valence electrons. The normalized spacial score (nSPS) is 16.2. The highest BCUT2D eigenvalue weighted by atomic mass is 16.5. The van der Waals surface area contributed by atoms with Gasteiger partial charge in [-0.05, 0) is 43.2 Å². The van der Waals surface area contributed by atoms with Gasteiger partial charge in [0.2, 0.25) is 11.5 Å². The maximum absolute atomic E-state index is 12.7. The number of Topliss-reactive ketones (excluding diaryl/α,β-unsaturated/α-hetero) is 1. The van der Waals surface area contributed by atoms with Crippen molar-refractivity contribution in [2.45, 2.75) is 12.8 Å². The fraction of sp³-hybridized carbons (Fsp3) is 0.273. The average molecular weight is 396 g/mol. The van der Waals surface area contributed by atoms with Crippen LogP contribution in [-0.4, -0.2) is 33.1 Å². The van der Waals surface area contributed by atoms with Crippen LogP contribution in [0.1, 0.15) is 28.8 Å². The second-order valence-electron chi connectivity index (χ2n) is 6.72. The molecule has 7 nitrogen and oxygen atoms in total. The molecular formula is C22H20O7. The lowest BCUT2D eigenvalue weighted by Crippen LogP contribution is -2.09. The molecule has 1 heterocycles. The zero-order valence-corrected chi connectivity index (χ0v) is 16.3. The Morgan fingerprint density at radius 3 is 2.45 bits per heavy atom. The molecule has 0 atom stereocenters. The first-order valence-electron chi connectivity index (χ1n) is 9.14. The molecule has 0 radical (unpaired) electrons. The number of carbonyl (C=O) groups is 2. The van der Waals surface area contributed by atoms with Gasteiger partial charge in [-0.2, -0.15) is 0 Å². The Hall–Kier alpha value is -3.48. The molecule has 0 N–H and O–H groups in total. The molecule has 29 heavy (non-hydrogen) atoms. The molecule has 0 aromatic heterocycles. The van der Waals surface area contributed by atoms with Gasteiger partial charge >= 0.3 is 5.97 Å². The predicted octanol–water partition coefficient (Wildman–Crippen LogP) is 3.64. The van der Waals surface area contributed by atoms with E-state index in [0.29, 0.717) is 39.9 Å². The van der Waals surface area contributed by atoms with Crippen LogP contribution in [0.2, 0.25) is 0 Å². The minimum atomic E-state index is -0.267. The van der Waals surface area contributed by atoms with Crippen molar-refractivity contribution in [2.24, 2.45) is 5.92 Å². The molecule has 0 unspecified atom stereocenters. The number of methoxy groups -OCH3 is 3. The van der Waals surface area contributed by atoms with E-state index in [1.807, 2.05) is 0 Å². The van der Waals surface area contributed by atoms with Crippen LogP contribution in [0.15, 0.2) is 36.1 Å². The van der Waals surface area contributed by atoms with Crippen molar-refractivity contribution in [1.82, 2.24) is 0 Å². The SMILES string of the molecule is COc1ccc(/C=C2/Oc3cc(OC(=O)C4CC4)ccc3C2=O)c(OC)c1OC. The Kier molecular flexibility index (Phi) is 4.88. The first-order valence-corrected chi connectivity index (χ1v) is 9.14. The third-order valence-corrected chi connectivity index (χ3v) is 4.79. The topological polar surface area (TPSA) is 80.3 Å². The molecule has 1 aliphatic carbocycles. The van der Waals surface area contributed by atoms with Crippen molar-refractivity contribution < 1.29 is 33.3 Å². The fourth-order valence-electron chi connectivity index (χ4n) is 3.13. The van der Waals surface area contributed by atoms with Crippen LogP contribution < -0.4 is 23.7 Å². The van der Waals surface area contributed by atoms with Gasteiger partial charge in [-0.3, -0.25) is 9.59 Å². The number of esters is 1. The minimum Gasteiger partial charge on any atom is -0.493 e. The van der Waals surface area contributed by atoms with Crippen molar-refractivity contribution in [1.29, 1.82) is 0 Å². The van der Waals surface area contributed by atoms with Crippen molar-refractivity contribution in [2.75, 3.05) is 21.3 Å². The van der Waals surface area contributed by atoms with Gasteiger partial charge in [0.05, 0.1) is 32.8 Å². The number of rotatable bonds is 6. The standard InChI is InChI=1S/C22H20O7/c1-25-16-9-6-13(20(26-2)21(16)27-3)10-18-19(23)15-8-7-14(11-17(15)29-18)28-22(24)12-4-5-12/h6-12H,4-5H2,1-3H3/b18-10+. The highest BCUT2D eigenvalue weighted by Crippen LogP contribution is 2.42. The summed E-state index contributed by atoms with van der Waals surface area (Å²) in [6, 6.07) is 8.21. The molecule has 4 rings (SSSR count). The van der Waals surface area contributed by atoms with E-state index in [1.165, 1.54) is 21.3 Å². The molecule has 1 aliphatic heterocycles. The van der Waals surface area contributed by atoms with Gasteiger partial charge in [-0.1, -0.05) is 0 Å². The zero-order chi connectivity index (χ0) is 20.5. The van der Waals surface area contributed by atoms with Gasteiger partial charge in [-0.25, -0.2) is 0 Å². The Labute approximate surface area is 167 Å². The van der Waals surface area contributed by atoms with Crippen LogP contribution in [0.4, 0.5) is 0 Å². The van der Waals surface area contributed by atoms with Gasteiger partial charge in [0.1, 0.15) is 11.5 Å². The number of hydrogen-bond acceptors (Lipinski definition) is 7. The smallest absolute Gasteiger partial charge is 0.314 e. The third kappa shape index (κ3) is 3.51. The van der Waals surface area contributed by atoms with Crippen molar-refractivity contribution in [3.63, 3.8) is 0 Å². The molecular weight excluding hydrogens is 376 g/mol. The van der Waals surface area contributed by atoms with E-state index in [0.717, 1.165) is 12.8 Å². The van der Waals surface area contributed by atoms with E-state index in [4.69, 9.17) is 23.7 Å². The van der Waals surface area contributed by atoms with Gasteiger partial charge in [-0.15, -0.1) is 0 Å². The Bertz CT molecular complexity index is 1020. The third-order valence-electron chi connectivity index (χ3n) is 4.79. The largest absolute Gasteiger partial charge is 0.493 e. The Balaban J connectivity index is 1.63. The first-order chi connectivity index (χ1) is 14.0. The summed E-state index contributed by atoms with van der Waals surface area (Å²) in [5, 5.41) is 0. The molecule has 0 saturated heterocycles. The van der Waals surface area contributed by atoms with E-state index in [9.17, 15) is 9.59 Å². The summed E-state index contributed by atoms with van der Waals surface area (Å²) < 4.78 is 27.2. The Morgan fingerprint density at radius 1 is 1.03 bits per heavy atom. The maximum Gasteiger partial charge on any atom is 0.314 e. The summed E-state index contributed by atoms with van der Waals surface area (Å²) in [6.07, 6.45) is 3.30. The summed E-state index contributed by atoms with van der Waals surface area (Å²) >= 11 is 0. The predicted molar refractivity (Wildman–Crippen MR) is 104 cm³/mol. The van der Waals surface area contributed by atoms with Gasteiger partial charge in [0.15, 0.2) is 17.3 Å². The number of fused-ring (bicyclic) bond motifs is 1. The summed E-state index contributed by atoms with van der Waals surface area (Å²) in [6.45, 7) is 0. The summed E-state index contributed by atoms with van der Waals surface area (Å²) in [5.41, 5.74) is 1.00. The number of ether oxygens (including phenoxy) is 5. The second-order valence-corrected chi connectivity index (χ2v) is 6.72. The first kappa shape index (κ1) is 18.9. The average Bonchev–Trinajstić information content (AvgIpc) is 3.53. The minimum absolute atomic E-state index is 0.0150. The number of allylic oxidation sites excluding steroid dienone is 1. The summed E-state index contributed by atoms with van der Waals surface area (Å²) in [7, 11) is 4.55. The van der Waals surface area contributed by atoms with Crippen LogP contribution in [0, 0.1) is 5.92 Å². The number of benzene rings is 2. The van der Waals surface area contributed by atoms with E-state index < -0.39 is 0 Å². The maximum atomic E-state index is 12.7. The lowest BCUT2D eigenvalue weighted by molar-refractivity contribution is -0.135. The van der Waals surface area contributed by atoms with Crippen LogP contribution in [0.5, 0.6) is 28.7 Å². The number of hydrogen-bond donors (Lipinski definition) is 0. The molecule has 0 amide bonds. The quantitative estimate of drug-likeness (QED) is 0.419. The zero-order valence-electron chi connectivity index (χ0n) is 16.3. The van der Waals surface area contributed by atoms with Crippen molar-refractivity contribution >= 4 is 17.8 Å². The molecule has 1 fully saturated rings. The van der Waals surface area contributed by atoms with E-state index >= 15 is 0 Å². The fourth-order valence-corrected chi connectivity index (χ4v) is 3.13. The van der Waals surface area contributed by atoms with E-state index in [2.05, 4.69) is 0 Å². The lowest BCUT2D eigenvalue weighted by Gasteiger charge is -2.14. The Morgan fingerprint density at radius 2 is 1.79 bits per heavy atom. The van der Waals surface area contributed by atoms with E-state index in [-0.39, 0.29) is 23.4 Å². The monoisotopic (exact) mass is 396 g/mol. The van der Waals surface area contributed by atoms with Crippen LogP contribution >= 0.6 is 0 Å². The van der Waals surface area contributed by atoms with Gasteiger partial charge < -0.3 is 23.7 Å². The summed E-state index contributed by atoms with van der Waals surface area (Å²) in [4.78, 5) is 24.6. The lowest BCUT2D eigenvalue weighted by atomic mass is 10.1. The molecule has 7 heteroatoms. The molecule has 0 bridgehead atoms. The van der Waals surface area contributed by atoms with Crippen LogP contribution in [0.3, 0.4) is 0 Å². The number of carbonyl (C=O) groups excluding carboxylic acids is 2. The second kappa shape index (κ2) is 7.50. The van der Waals surface area contributed by atoms with E-state index in [1.54, 1.807) is 36.4 Å². The molecule has 0 spiro atoms. The van der Waals surface area contributed by atoms with Crippen molar-refractivity contribution in [3.05, 3.63) is 47.2 Å². The van der Waals surface area contributed by atoms with Crippen LogP contribution in [0.25, 0.3) is 6.08 Å². The highest BCUT2D eigenvalue weighted by molar-refractivity contribution is 6.14. The molecule has 1 saturated carbocycles. The molecule has 2 aliphatic rings. The molecule has 2 aromatic rings. The molecule has 2 aromatic carbocycles. The number of ketones is 1. The summed E-state index contributed by atoms with van der Waals surface area (Å²) in [5.74, 6) is 1.66. The van der Waals surface area contributed by atoms with Crippen LogP contribution in [-0.2, 0) is 4.79 Å². The highest BCUT2D eigenvalue weighted by Gasteiger charge is 2.33. The van der Waals surface area contributed by atoms with Gasteiger partial charge in [0, 0.05) is 11.6 Å². The van der Waals surface area contributed by atoms with Crippen molar-refractivity contribution in [3.8, 4) is 28.7 Å².